The summed E-state index contributed by atoms with van der Waals surface area (Å²) in [6.07, 6.45) is -3.49. The Morgan fingerprint density at radius 2 is 1.65 bits per heavy atom. The molecule has 0 spiro atoms. The minimum absolute atomic E-state index is 0.0155. The van der Waals surface area contributed by atoms with Gasteiger partial charge in [-0.25, -0.2) is 8.78 Å². The first-order valence-electron chi connectivity index (χ1n) is 7.25. The Bertz CT molecular complexity index is 894. The molecule has 0 amide bonds. The Morgan fingerprint density at radius 1 is 0.962 bits per heavy atom. The minimum Gasteiger partial charge on any atom is -0.497 e. The molecule has 1 heterocycles. The van der Waals surface area contributed by atoms with Crippen molar-refractivity contribution < 1.29 is 35.8 Å². The molecule has 26 heavy (non-hydrogen) atoms. The number of methoxy groups -OCH3 is 1. The maximum atomic E-state index is 14.0. The molecule has 1 aromatic heterocycles. The van der Waals surface area contributed by atoms with Crippen LogP contribution in [-0.4, -0.2) is 7.11 Å². The molecule has 3 aromatic rings. The lowest BCUT2D eigenvalue weighted by molar-refractivity contribution is -0.138. The number of halogens is 5. The van der Waals surface area contributed by atoms with Gasteiger partial charge in [-0.3, -0.25) is 0 Å². The number of furan rings is 1. The molecule has 0 fully saturated rings. The Labute approximate surface area is 144 Å². The van der Waals surface area contributed by atoms with Crippen LogP contribution in [0.15, 0.2) is 53.1 Å². The van der Waals surface area contributed by atoms with Gasteiger partial charge in [-0.05, 0) is 42.5 Å². The van der Waals surface area contributed by atoms with E-state index in [1.165, 1.54) is 31.6 Å². The second-order valence-electron chi connectivity index (χ2n) is 5.21. The van der Waals surface area contributed by atoms with E-state index in [0.717, 1.165) is 0 Å². The molecule has 3 nitrogen and oxygen atoms in total. The summed E-state index contributed by atoms with van der Waals surface area (Å²) >= 11 is 0. The molecule has 0 unspecified atom stereocenters. The third kappa shape index (κ3) is 3.49. The predicted molar refractivity (Wildman–Crippen MR) is 82.1 cm³/mol. The van der Waals surface area contributed by atoms with Crippen molar-refractivity contribution in [2.75, 3.05) is 7.11 Å². The van der Waals surface area contributed by atoms with Crippen molar-refractivity contribution in [2.24, 2.45) is 0 Å². The van der Waals surface area contributed by atoms with E-state index in [-0.39, 0.29) is 17.9 Å². The number of benzene rings is 2. The van der Waals surface area contributed by atoms with E-state index in [1.807, 2.05) is 0 Å². The van der Waals surface area contributed by atoms with Crippen molar-refractivity contribution in [3.8, 4) is 28.6 Å². The molecule has 0 aliphatic heterocycles. The van der Waals surface area contributed by atoms with E-state index in [2.05, 4.69) is 0 Å². The van der Waals surface area contributed by atoms with Gasteiger partial charge in [0.2, 0.25) is 0 Å². The SMILES string of the molecule is COc1ccc(Oc2c(F)cc(C(F)(F)F)cc2F)c(-c2ccco2)c1. The van der Waals surface area contributed by atoms with E-state index >= 15 is 0 Å². The summed E-state index contributed by atoms with van der Waals surface area (Å²) in [5.74, 6) is -3.16. The first kappa shape index (κ1) is 17.8. The topological polar surface area (TPSA) is 31.6 Å². The lowest BCUT2D eigenvalue weighted by Crippen LogP contribution is -2.07. The molecule has 136 valence electrons. The number of rotatable bonds is 4. The van der Waals surface area contributed by atoms with E-state index in [4.69, 9.17) is 13.9 Å². The van der Waals surface area contributed by atoms with Crippen LogP contribution in [0.2, 0.25) is 0 Å². The Kier molecular flexibility index (Phi) is 4.58. The highest BCUT2D eigenvalue weighted by Gasteiger charge is 2.33. The first-order chi connectivity index (χ1) is 12.3. The van der Waals surface area contributed by atoms with Crippen molar-refractivity contribution in [3.63, 3.8) is 0 Å². The maximum absolute atomic E-state index is 14.0. The standard InChI is InChI=1S/C18H11F5O3/c1-24-11-4-5-16(12(9-11)15-3-2-6-25-15)26-17-13(19)7-10(8-14(17)20)18(21,22)23/h2-9H,1H3. The molecule has 0 aliphatic rings. The van der Waals surface area contributed by atoms with Crippen molar-refractivity contribution in [1.29, 1.82) is 0 Å². The molecular formula is C18H11F5O3. The van der Waals surface area contributed by atoms with Gasteiger partial charge in [0.1, 0.15) is 17.3 Å². The fraction of sp³-hybridized carbons (Fsp3) is 0.111. The van der Waals surface area contributed by atoms with Crippen LogP contribution in [0.4, 0.5) is 22.0 Å². The molecule has 0 aliphatic carbocycles. The van der Waals surface area contributed by atoms with E-state index in [1.54, 1.807) is 12.1 Å². The highest BCUT2D eigenvalue weighted by atomic mass is 19.4. The number of hydrogen-bond donors (Lipinski definition) is 0. The van der Waals surface area contributed by atoms with Crippen molar-refractivity contribution in [2.45, 2.75) is 6.18 Å². The van der Waals surface area contributed by atoms with Crippen LogP contribution in [0.3, 0.4) is 0 Å². The molecule has 2 aromatic carbocycles. The number of hydrogen-bond acceptors (Lipinski definition) is 3. The van der Waals surface area contributed by atoms with Crippen LogP contribution in [0.25, 0.3) is 11.3 Å². The van der Waals surface area contributed by atoms with Crippen molar-refractivity contribution >= 4 is 0 Å². The zero-order chi connectivity index (χ0) is 18.9. The van der Waals surface area contributed by atoms with Crippen molar-refractivity contribution in [1.82, 2.24) is 0 Å². The third-order valence-corrected chi connectivity index (χ3v) is 3.51. The normalized spacial score (nSPS) is 11.5. The van der Waals surface area contributed by atoms with E-state index < -0.39 is 29.1 Å². The van der Waals surface area contributed by atoms with Crippen LogP contribution >= 0.6 is 0 Å². The van der Waals surface area contributed by atoms with Gasteiger partial charge < -0.3 is 13.9 Å². The van der Waals surface area contributed by atoms with Gasteiger partial charge in [0.05, 0.1) is 24.5 Å². The molecule has 0 atom stereocenters. The fourth-order valence-corrected chi connectivity index (χ4v) is 2.28. The Morgan fingerprint density at radius 3 is 2.19 bits per heavy atom. The van der Waals surface area contributed by atoms with Crippen LogP contribution < -0.4 is 9.47 Å². The van der Waals surface area contributed by atoms with Crippen LogP contribution in [0.5, 0.6) is 17.2 Å². The highest BCUT2D eigenvalue weighted by Crippen LogP contribution is 2.39. The molecule has 0 saturated heterocycles. The van der Waals surface area contributed by atoms with Gasteiger partial charge in [0.15, 0.2) is 17.4 Å². The lowest BCUT2D eigenvalue weighted by Gasteiger charge is -2.14. The van der Waals surface area contributed by atoms with Gasteiger partial charge in [-0.1, -0.05) is 0 Å². The summed E-state index contributed by atoms with van der Waals surface area (Å²) < 4.78 is 81.6. The smallest absolute Gasteiger partial charge is 0.416 e. The average Bonchev–Trinajstić information content (AvgIpc) is 3.11. The predicted octanol–water partition coefficient (Wildman–Crippen LogP) is 6.04. The summed E-state index contributed by atoms with van der Waals surface area (Å²) in [5, 5.41) is 0. The Hall–Kier alpha value is -3.03. The summed E-state index contributed by atoms with van der Waals surface area (Å²) in [6.45, 7) is 0. The molecule has 3 rings (SSSR count). The second kappa shape index (κ2) is 6.70. The molecule has 8 heteroatoms. The summed E-state index contributed by atoms with van der Waals surface area (Å²) in [5.41, 5.74) is -1.13. The summed E-state index contributed by atoms with van der Waals surface area (Å²) in [4.78, 5) is 0. The summed E-state index contributed by atoms with van der Waals surface area (Å²) in [6, 6.07) is 7.88. The van der Waals surface area contributed by atoms with Gasteiger partial charge in [0.25, 0.3) is 0 Å². The zero-order valence-corrected chi connectivity index (χ0v) is 13.2. The lowest BCUT2D eigenvalue weighted by atomic mass is 10.1. The molecule has 0 bridgehead atoms. The molecule has 0 N–H and O–H groups in total. The fourth-order valence-electron chi connectivity index (χ4n) is 2.28. The van der Waals surface area contributed by atoms with E-state index in [0.29, 0.717) is 17.1 Å². The van der Waals surface area contributed by atoms with Crippen molar-refractivity contribution in [3.05, 3.63) is 65.9 Å². The maximum Gasteiger partial charge on any atom is 0.416 e. The van der Waals surface area contributed by atoms with Gasteiger partial charge >= 0.3 is 6.18 Å². The van der Waals surface area contributed by atoms with Gasteiger partial charge in [-0.2, -0.15) is 13.2 Å². The highest BCUT2D eigenvalue weighted by molar-refractivity contribution is 5.68. The van der Waals surface area contributed by atoms with Gasteiger partial charge in [0, 0.05) is 0 Å². The molecule has 0 saturated carbocycles. The molecular weight excluding hydrogens is 359 g/mol. The van der Waals surface area contributed by atoms with E-state index in [9.17, 15) is 22.0 Å². The third-order valence-electron chi connectivity index (χ3n) is 3.51. The Balaban J connectivity index is 2.05. The monoisotopic (exact) mass is 370 g/mol. The largest absolute Gasteiger partial charge is 0.497 e. The van der Waals surface area contributed by atoms with Gasteiger partial charge in [-0.15, -0.1) is 0 Å². The van der Waals surface area contributed by atoms with Crippen LogP contribution in [0, 0.1) is 11.6 Å². The number of alkyl halides is 3. The minimum atomic E-state index is -4.88. The quantitative estimate of drug-likeness (QED) is 0.525. The zero-order valence-electron chi connectivity index (χ0n) is 13.2. The van der Waals surface area contributed by atoms with Crippen LogP contribution in [0.1, 0.15) is 5.56 Å². The molecule has 0 radical (unpaired) electrons. The average molecular weight is 370 g/mol. The first-order valence-corrected chi connectivity index (χ1v) is 7.25. The second-order valence-corrected chi connectivity index (χ2v) is 5.21. The summed E-state index contributed by atoms with van der Waals surface area (Å²) in [7, 11) is 1.43. The van der Waals surface area contributed by atoms with Crippen LogP contribution in [-0.2, 0) is 6.18 Å². The number of ether oxygens (including phenoxy) is 2.